The van der Waals surface area contributed by atoms with Gasteiger partial charge in [-0.3, -0.25) is 4.68 Å². The first-order chi connectivity index (χ1) is 8.69. The van der Waals surface area contributed by atoms with E-state index in [-0.39, 0.29) is 0 Å². The van der Waals surface area contributed by atoms with Crippen molar-refractivity contribution in [3.63, 3.8) is 0 Å². The van der Waals surface area contributed by atoms with E-state index in [1.165, 1.54) is 0 Å². The number of aromatic nitrogens is 3. The predicted octanol–water partition coefficient (Wildman–Crippen LogP) is 2.06. The van der Waals surface area contributed by atoms with Crippen molar-refractivity contribution in [1.82, 2.24) is 14.8 Å². The average molecular weight is 247 g/mol. The van der Waals surface area contributed by atoms with Crippen LogP contribution >= 0.6 is 0 Å². The molecule has 0 N–H and O–H groups in total. The molecular weight excluding hydrogens is 230 g/mol. The molecule has 2 aromatic rings. The van der Waals surface area contributed by atoms with Crippen LogP contribution in [0.15, 0.2) is 18.3 Å². The smallest absolute Gasteiger partial charge is 0.224 e. The molecule has 0 spiro atoms. The normalized spacial score (nSPS) is 10.4. The number of rotatable bonds is 4. The van der Waals surface area contributed by atoms with Crippen molar-refractivity contribution >= 4 is 0 Å². The summed E-state index contributed by atoms with van der Waals surface area (Å²) in [6, 6.07) is 3.77. The molecule has 96 valence electrons. The summed E-state index contributed by atoms with van der Waals surface area (Å²) in [5.74, 6) is 1.09. The van der Waals surface area contributed by atoms with Crippen LogP contribution in [-0.2, 0) is 13.5 Å². The Kier molecular flexibility index (Phi) is 3.50. The summed E-state index contributed by atoms with van der Waals surface area (Å²) in [6.07, 6.45) is 2.84. The third-order valence-corrected chi connectivity index (χ3v) is 2.77. The minimum Gasteiger partial charge on any atom is -0.481 e. The van der Waals surface area contributed by atoms with Gasteiger partial charge in [0.2, 0.25) is 11.8 Å². The van der Waals surface area contributed by atoms with Crippen molar-refractivity contribution in [1.29, 1.82) is 0 Å². The second kappa shape index (κ2) is 5.08. The Balaban J connectivity index is 2.55. The molecule has 5 heteroatoms. The zero-order valence-electron chi connectivity index (χ0n) is 11.1. The lowest BCUT2D eigenvalue weighted by atomic mass is 10.1. The number of nitrogens with zero attached hydrogens (tertiary/aromatic N) is 3. The van der Waals surface area contributed by atoms with E-state index in [1.54, 1.807) is 18.9 Å². The molecule has 0 saturated heterocycles. The largest absolute Gasteiger partial charge is 0.481 e. The lowest BCUT2D eigenvalue weighted by Gasteiger charge is -2.08. The van der Waals surface area contributed by atoms with Gasteiger partial charge in [0.1, 0.15) is 0 Å². The molecule has 0 saturated carbocycles. The fraction of sp³-hybridized carbons (Fsp3) is 0.385. The van der Waals surface area contributed by atoms with Gasteiger partial charge in [-0.2, -0.15) is 10.1 Å². The van der Waals surface area contributed by atoms with Gasteiger partial charge < -0.3 is 9.47 Å². The summed E-state index contributed by atoms with van der Waals surface area (Å²) in [5, 5.41) is 4.43. The molecule has 0 fully saturated rings. The van der Waals surface area contributed by atoms with E-state index in [1.807, 2.05) is 25.4 Å². The Labute approximate surface area is 106 Å². The van der Waals surface area contributed by atoms with E-state index in [2.05, 4.69) is 17.0 Å². The molecule has 0 amide bonds. The molecule has 5 nitrogen and oxygen atoms in total. The van der Waals surface area contributed by atoms with Gasteiger partial charge in [-0.05, 0) is 12.5 Å². The van der Waals surface area contributed by atoms with Crippen LogP contribution in [0, 0.1) is 0 Å². The maximum atomic E-state index is 5.32. The summed E-state index contributed by atoms with van der Waals surface area (Å²) < 4.78 is 12.2. The molecular formula is C13H17N3O2. The molecule has 2 heterocycles. The minimum absolute atomic E-state index is 0.539. The Morgan fingerprint density at radius 1 is 1.17 bits per heavy atom. The van der Waals surface area contributed by atoms with Crippen LogP contribution in [0.2, 0.25) is 0 Å². The second-order valence-electron chi connectivity index (χ2n) is 3.93. The highest BCUT2D eigenvalue weighted by atomic mass is 16.5. The third-order valence-electron chi connectivity index (χ3n) is 2.77. The molecule has 0 aliphatic carbocycles. The average Bonchev–Trinajstić information content (AvgIpc) is 2.78. The zero-order valence-corrected chi connectivity index (χ0v) is 11.1. The minimum atomic E-state index is 0.539. The summed E-state index contributed by atoms with van der Waals surface area (Å²) in [6.45, 7) is 2.08. The van der Waals surface area contributed by atoms with Crippen LogP contribution < -0.4 is 9.47 Å². The highest BCUT2D eigenvalue weighted by Gasteiger charge is 2.14. The molecule has 0 bridgehead atoms. The first-order valence-corrected chi connectivity index (χ1v) is 5.81. The zero-order chi connectivity index (χ0) is 13.1. The van der Waals surface area contributed by atoms with Crippen LogP contribution in [0.4, 0.5) is 0 Å². The molecule has 0 unspecified atom stereocenters. The molecule has 0 radical (unpaired) electrons. The molecule has 2 aromatic heterocycles. The SMILES string of the molecule is CCc1nn(C)cc1-c1ccc(OC)nc1OC. The van der Waals surface area contributed by atoms with Gasteiger partial charge in [0.25, 0.3) is 0 Å². The second-order valence-corrected chi connectivity index (χ2v) is 3.93. The van der Waals surface area contributed by atoms with Crippen LogP contribution in [0.3, 0.4) is 0 Å². The third kappa shape index (κ3) is 2.16. The maximum absolute atomic E-state index is 5.32. The van der Waals surface area contributed by atoms with Crippen LogP contribution in [0.5, 0.6) is 11.8 Å². The summed E-state index contributed by atoms with van der Waals surface area (Å²) in [4.78, 5) is 4.29. The highest BCUT2D eigenvalue weighted by molar-refractivity contribution is 5.70. The van der Waals surface area contributed by atoms with Gasteiger partial charge >= 0.3 is 0 Å². The van der Waals surface area contributed by atoms with Crippen LogP contribution in [0.25, 0.3) is 11.1 Å². The van der Waals surface area contributed by atoms with Gasteiger partial charge in [0, 0.05) is 30.4 Å². The molecule has 0 aliphatic rings. The lowest BCUT2D eigenvalue weighted by Crippen LogP contribution is -1.95. The number of hydrogen-bond acceptors (Lipinski definition) is 4. The molecule has 18 heavy (non-hydrogen) atoms. The fourth-order valence-corrected chi connectivity index (χ4v) is 1.92. The number of aryl methyl sites for hydroxylation is 2. The molecule has 2 rings (SSSR count). The van der Waals surface area contributed by atoms with Gasteiger partial charge in [0.15, 0.2) is 0 Å². The van der Waals surface area contributed by atoms with Crippen molar-refractivity contribution in [2.24, 2.45) is 7.05 Å². The van der Waals surface area contributed by atoms with Crippen molar-refractivity contribution in [3.05, 3.63) is 24.0 Å². The van der Waals surface area contributed by atoms with E-state index in [9.17, 15) is 0 Å². The van der Waals surface area contributed by atoms with Crippen molar-refractivity contribution < 1.29 is 9.47 Å². The van der Waals surface area contributed by atoms with Crippen LogP contribution in [-0.4, -0.2) is 29.0 Å². The van der Waals surface area contributed by atoms with Crippen molar-refractivity contribution in [2.75, 3.05) is 14.2 Å². The molecule has 0 atom stereocenters. The molecule has 0 aromatic carbocycles. The van der Waals surface area contributed by atoms with Crippen LogP contribution in [0.1, 0.15) is 12.6 Å². The number of pyridine rings is 1. The first-order valence-electron chi connectivity index (χ1n) is 5.81. The number of ether oxygens (including phenoxy) is 2. The Morgan fingerprint density at radius 2 is 1.94 bits per heavy atom. The van der Waals surface area contributed by atoms with Crippen molar-refractivity contribution in [2.45, 2.75) is 13.3 Å². The monoisotopic (exact) mass is 247 g/mol. The number of methoxy groups -OCH3 is 2. The lowest BCUT2D eigenvalue weighted by molar-refractivity contribution is 0.366. The summed E-state index contributed by atoms with van der Waals surface area (Å²) in [5.41, 5.74) is 3.01. The van der Waals surface area contributed by atoms with Gasteiger partial charge in [0.05, 0.1) is 19.9 Å². The van der Waals surface area contributed by atoms with E-state index in [0.29, 0.717) is 11.8 Å². The van der Waals surface area contributed by atoms with E-state index >= 15 is 0 Å². The quantitative estimate of drug-likeness (QED) is 0.829. The highest BCUT2D eigenvalue weighted by Crippen LogP contribution is 2.32. The van der Waals surface area contributed by atoms with Gasteiger partial charge in [-0.15, -0.1) is 0 Å². The van der Waals surface area contributed by atoms with E-state index in [4.69, 9.17) is 9.47 Å². The predicted molar refractivity (Wildman–Crippen MR) is 68.9 cm³/mol. The summed E-state index contributed by atoms with van der Waals surface area (Å²) in [7, 11) is 5.10. The fourth-order valence-electron chi connectivity index (χ4n) is 1.92. The Morgan fingerprint density at radius 3 is 2.56 bits per heavy atom. The number of hydrogen-bond donors (Lipinski definition) is 0. The Bertz CT molecular complexity index is 549. The Hall–Kier alpha value is -2.04. The molecule has 0 aliphatic heterocycles. The van der Waals surface area contributed by atoms with Gasteiger partial charge in [-0.1, -0.05) is 6.92 Å². The topological polar surface area (TPSA) is 49.2 Å². The summed E-state index contributed by atoms with van der Waals surface area (Å²) >= 11 is 0. The van der Waals surface area contributed by atoms with E-state index in [0.717, 1.165) is 23.2 Å². The maximum Gasteiger partial charge on any atom is 0.224 e. The first kappa shape index (κ1) is 12.4. The standard InChI is InChI=1S/C13H17N3O2/c1-5-11-10(8-16(2)15-11)9-6-7-12(17-3)14-13(9)18-4/h6-8H,5H2,1-4H3. The van der Waals surface area contributed by atoms with Gasteiger partial charge in [-0.25, -0.2) is 0 Å². The van der Waals surface area contributed by atoms with Crippen molar-refractivity contribution in [3.8, 4) is 22.9 Å². The van der Waals surface area contributed by atoms with E-state index < -0.39 is 0 Å².